The zero-order chi connectivity index (χ0) is 15.8. The Kier molecular flexibility index (Phi) is 6.18. The molecule has 0 saturated heterocycles. The second-order valence-corrected chi connectivity index (χ2v) is 4.96. The van der Waals surface area contributed by atoms with Gasteiger partial charge in [-0.2, -0.15) is 0 Å². The topological polar surface area (TPSA) is 66.5 Å². The Morgan fingerprint density at radius 2 is 1.91 bits per heavy atom. The molecule has 22 heavy (non-hydrogen) atoms. The highest BCUT2D eigenvalue weighted by atomic mass is 16.5. The van der Waals surface area contributed by atoms with Crippen LogP contribution in [0, 0.1) is 6.92 Å². The maximum Gasteiger partial charge on any atom is 0.223 e. The first kappa shape index (κ1) is 16.3. The van der Waals surface area contributed by atoms with E-state index in [-0.39, 0.29) is 5.43 Å². The number of rotatable bonds is 8. The van der Waals surface area contributed by atoms with Crippen LogP contribution in [-0.2, 0) is 17.9 Å². The van der Waals surface area contributed by atoms with Gasteiger partial charge >= 0.3 is 0 Å². The van der Waals surface area contributed by atoms with Gasteiger partial charge in [0.15, 0.2) is 5.75 Å². The lowest BCUT2D eigenvalue weighted by Crippen LogP contribution is -2.18. The maximum absolute atomic E-state index is 12.0. The molecule has 0 aliphatic rings. The fraction of sp³-hybridized carbons (Fsp3) is 0.353. The molecule has 0 unspecified atom stereocenters. The van der Waals surface area contributed by atoms with Crippen molar-refractivity contribution in [2.24, 2.45) is 5.73 Å². The average Bonchev–Trinajstić information content (AvgIpc) is 2.54. The summed E-state index contributed by atoms with van der Waals surface area (Å²) in [5.74, 6) is 0.394. The van der Waals surface area contributed by atoms with E-state index in [2.05, 4.69) is 0 Å². The van der Waals surface area contributed by atoms with Gasteiger partial charge in [-0.3, -0.25) is 4.79 Å². The Hall–Kier alpha value is -2.11. The minimum Gasteiger partial charge on any atom is -0.483 e. The van der Waals surface area contributed by atoms with Crippen molar-refractivity contribution in [3.05, 3.63) is 64.1 Å². The van der Waals surface area contributed by atoms with Gasteiger partial charge in [0.2, 0.25) is 5.43 Å². The van der Waals surface area contributed by atoms with Crippen LogP contribution in [0.4, 0.5) is 0 Å². The maximum atomic E-state index is 12.0. The van der Waals surface area contributed by atoms with Gasteiger partial charge in [-0.1, -0.05) is 30.3 Å². The van der Waals surface area contributed by atoms with Gasteiger partial charge < -0.3 is 19.8 Å². The van der Waals surface area contributed by atoms with Crippen LogP contribution in [0.1, 0.15) is 11.3 Å². The van der Waals surface area contributed by atoms with Crippen LogP contribution in [0.25, 0.3) is 0 Å². The predicted molar refractivity (Wildman–Crippen MR) is 86.1 cm³/mol. The van der Waals surface area contributed by atoms with Gasteiger partial charge in [0.05, 0.1) is 18.9 Å². The molecule has 0 atom stereocenters. The number of nitrogens with zero attached hydrogens (tertiary/aromatic N) is 1. The molecule has 5 heteroatoms. The van der Waals surface area contributed by atoms with E-state index in [1.54, 1.807) is 6.20 Å². The van der Waals surface area contributed by atoms with E-state index < -0.39 is 0 Å². The van der Waals surface area contributed by atoms with Crippen molar-refractivity contribution >= 4 is 0 Å². The molecule has 0 saturated carbocycles. The van der Waals surface area contributed by atoms with Gasteiger partial charge in [-0.25, -0.2) is 0 Å². The molecule has 1 aromatic heterocycles. The van der Waals surface area contributed by atoms with Gasteiger partial charge in [-0.05, 0) is 12.5 Å². The van der Waals surface area contributed by atoms with E-state index in [1.807, 2.05) is 41.8 Å². The van der Waals surface area contributed by atoms with Crippen LogP contribution < -0.4 is 15.9 Å². The first-order valence-corrected chi connectivity index (χ1v) is 7.37. The number of hydrogen-bond donors (Lipinski definition) is 1. The third-order valence-corrected chi connectivity index (χ3v) is 3.35. The smallest absolute Gasteiger partial charge is 0.223 e. The van der Waals surface area contributed by atoms with Gasteiger partial charge in [0.25, 0.3) is 0 Å². The standard InChI is InChI=1S/C17H22N2O3/c1-14-17(22-13-15-5-3-2-4-6-15)16(20)7-9-19(14)10-12-21-11-8-18/h2-7,9H,8,10-13,18H2,1H3. The molecule has 118 valence electrons. The number of ether oxygens (including phenoxy) is 2. The fourth-order valence-electron chi connectivity index (χ4n) is 2.15. The molecule has 0 aliphatic carbocycles. The molecule has 0 radical (unpaired) electrons. The van der Waals surface area contributed by atoms with E-state index in [4.69, 9.17) is 15.2 Å². The van der Waals surface area contributed by atoms with Crippen molar-refractivity contribution in [2.45, 2.75) is 20.1 Å². The van der Waals surface area contributed by atoms with Crippen LogP contribution in [0.15, 0.2) is 47.4 Å². The Labute approximate surface area is 130 Å². The molecular formula is C17H22N2O3. The highest BCUT2D eigenvalue weighted by Gasteiger charge is 2.09. The second kappa shape index (κ2) is 8.36. The summed E-state index contributed by atoms with van der Waals surface area (Å²) in [5.41, 5.74) is 7.12. The highest BCUT2D eigenvalue weighted by molar-refractivity contribution is 5.28. The van der Waals surface area contributed by atoms with Crippen molar-refractivity contribution in [3.8, 4) is 5.75 Å². The van der Waals surface area contributed by atoms with Crippen molar-refractivity contribution in [2.75, 3.05) is 19.8 Å². The van der Waals surface area contributed by atoms with E-state index in [0.717, 1.165) is 11.3 Å². The highest BCUT2D eigenvalue weighted by Crippen LogP contribution is 2.14. The Morgan fingerprint density at radius 1 is 1.14 bits per heavy atom. The van der Waals surface area contributed by atoms with Crippen molar-refractivity contribution in [3.63, 3.8) is 0 Å². The molecule has 5 nitrogen and oxygen atoms in total. The lowest BCUT2D eigenvalue weighted by Gasteiger charge is -2.15. The summed E-state index contributed by atoms with van der Waals surface area (Å²) in [4.78, 5) is 12.0. The summed E-state index contributed by atoms with van der Waals surface area (Å²) in [5, 5.41) is 0. The van der Waals surface area contributed by atoms with E-state index >= 15 is 0 Å². The summed E-state index contributed by atoms with van der Waals surface area (Å²) in [6.45, 7) is 4.52. The number of aromatic nitrogens is 1. The largest absolute Gasteiger partial charge is 0.483 e. The van der Waals surface area contributed by atoms with Crippen LogP contribution in [0.5, 0.6) is 5.75 Å². The monoisotopic (exact) mass is 302 g/mol. The molecule has 2 N–H and O–H groups in total. The van der Waals surface area contributed by atoms with Crippen molar-refractivity contribution < 1.29 is 9.47 Å². The molecule has 0 aliphatic heterocycles. The quantitative estimate of drug-likeness (QED) is 0.754. The molecule has 0 spiro atoms. The molecule has 2 rings (SSSR count). The normalized spacial score (nSPS) is 10.6. The lowest BCUT2D eigenvalue weighted by atomic mass is 10.2. The molecule has 2 aromatic rings. The Bertz CT molecular complexity index is 638. The van der Waals surface area contributed by atoms with Crippen LogP contribution in [0.3, 0.4) is 0 Å². The minimum absolute atomic E-state index is 0.104. The van der Waals surface area contributed by atoms with Gasteiger partial charge in [0.1, 0.15) is 6.61 Å². The van der Waals surface area contributed by atoms with E-state index in [0.29, 0.717) is 38.7 Å². The Balaban J connectivity index is 2.05. The number of hydrogen-bond acceptors (Lipinski definition) is 4. The summed E-state index contributed by atoms with van der Waals surface area (Å²) in [6, 6.07) is 11.3. The first-order valence-electron chi connectivity index (χ1n) is 7.37. The molecular weight excluding hydrogens is 280 g/mol. The summed E-state index contributed by atoms with van der Waals surface area (Å²) < 4.78 is 13.1. The average molecular weight is 302 g/mol. The van der Waals surface area contributed by atoms with Gasteiger partial charge in [-0.15, -0.1) is 0 Å². The summed E-state index contributed by atoms with van der Waals surface area (Å²) >= 11 is 0. The Morgan fingerprint density at radius 3 is 2.64 bits per heavy atom. The number of benzene rings is 1. The summed E-state index contributed by atoms with van der Waals surface area (Å²) in [6.07, 6.45) is 1.76. The van der Waals surface area contributed by atoms with Crippen LogP contribution >= 0.6 is 0 Å². The predicted octanol–water partition coefficient (Wildman–Crippen LogP) is 1.71. The zero-order valence-corrected chi connectivity index (χ0v) is 12.8. The summed E-state index contributed by atoms with van der Waals surface area (Å²) in [7, 11) is 0. The fourth-order valence-corrected chi connectivity index (χ4v) is 2.15. The SMILES string of the molecule is Cc1c(OCc2ccccc2)c(=O)ccn1CCOCCN. The number of pyridine rings is 1. The van der Waals surface area contributed by atoms with Gasteiger partial charge in [0, 0.05) is 25.4 Å². The van der Waals surface area contributed by atoms with Crippen LogP contribution in [-0.4, -0.2) is 24.3 Å². The van der Waals surface area contributed by atoms with Crippen LogP contribution in [0.2, 0.25) is 0 Å². The third-order valence-electron chi connectivity index (χ3n) is 3.35. The molecule has 0 fully saturated rings. The first-order chi connectivity index (χ1) is 10.7. The van der Waals surface area contributed by atoms with E-state index in [9.17, 15) is 4.79 Å². The molecule has 0 amide bonds. The van der Waals surface area contributed by atoms with Crippen molar-refractivity contribution in [1.82, 2.24) is 4.57 Å². The third kappa shape index (κ3) is 4.44. The van der Waals surface area contributed by atoms with E-state index in [1.165, 1.54) is 6.07 Å². The van der Waals surface area contributed by atoms with Crippen molar-refractivity contribution in [1.29, 1.82) is 0 Å². The zero-order valence-electron chi connectivity index (χ0n) is 12.8. The molecule has 1 heterocycles. The minimum atomic E-state index is -0.104. The number of nitrogens with two attached hydrogens (primary N) is 1. The lowest BCUT2D eigenvalue weighted by molar-refractivity contribution is 0.132. The second-order valence-electron chi connectivity index (χ2n) is 4.96. The molecule has 1 aromatic carbocycles. The molecule has 0 bridgehead atoms.